The Morgan fingerprint density at radius 2 is 2.00 bits per heavy atom. The Labute approximate surface area is 132 Å². The zero-order valence-electron chi connectivity index (χ0n) is 13.4. The summed E-state index contributed by atoms with van der Waals surface area (Å²) in [5.41, 5.74) is 0. The summed E-state index contributed by atoms with van der Waals surface area (Å²) >= 11 is 0. The van der Waals surface area contributed by atoms with Crippen LogP contribution in [0.4, 0.5) is 5.82 Å². The second-order valence-corrected chi connectivity index (χ2v) is 5.55. The molecule has 2 heterocycles. The third-order valence-electron chi connectivity index (χ3n) is 3.76. The molecule has 22 heavy (non-hydrogen) atoms. The molecule has 1 fully saturated rings. The number of rotatable bonds is 8. The van der Waals surface area contributed by atoms with Crippen LogP contribution in [0.15, 0.2) is 24.4 Å². The topological polar surface area (TPSA) is 60.5 Å². The van der Waals surface area contributed by atoms with E-state index in [0.717, 1.165) is 51.5 Å². The van der Waals surface area contributed by atoms with E-state index in [9.17, 15) is 4.79 Å². The number of aromatic nitrogens is 1. The fourth-order valence-electron chi connectivity index (χ4n) is 2.53. The first kappa shape index (κ1) is 16.7. The average molecular weight is 305 g/mol. The minimum atomic E-state index is 0.115. The van der Waals surface area contributed by atoms with Gasteiger partial charge in [0.25, 0.3) is 0 Å². The number of pyridine rings is 1. The molecule has 1 aliphatic heterocycles. The van der Waals surface area contributed by atoms with Crippen molar-refractivity contribution in [1.82, 2.24) is 20.5 Å². The average Bonchev–Trinajstić information content (AvgIpc) is 2.56. The molecular formula is C16H27N5O. The number of nitrogens with one attached hydrogen (secondary N) is 2. The molecule has 1 amide bonds. The van der Waals surface area contributed by atoms with E-state index < -0.39 is 0 Å². The summed E-state index contributed by atoms with van der Waals surface area (Å²) in [4.78, 5) is 20.7. The van der Waals surface area contributed by atoms with Crippen LogP contribution in [0.1, 0.15) is 13.3 Å². The molecule has 0 bridgehead atoms. The van der Waals surface area contributed by atoms with Gasteiger partial charge >= 0.3 is 0 Å². The van der Waals surface area contributed by atoms with E-state index in [4.69, 9.17) is 0 Å². The largest absolute Gasteiger partial charge is 0.354 e. The van der Waals surface area contributed by atoms with Crippen LogP contribution >= 0.6 is 0 Å². The van der Waals surface area contributed by atoms with Gasteiger partial charge in [0.1, 0.15) is 5.82 Å². The molecule has 6 heteroatoms. The highest BCUT2D eigenvalue weighted by atomic mass is 16.2. The SMILES string of the molecule is CCCNCCNC(=O)CN1CCN(c2ccccn2)CC1. The Hall–Kier alpha value is -1.66. The molecule has 1 saturated heterocycles. The van der Waals surface area contributed by atoms with Gasteiger partial charge in [-0.25, -0.2) is 4.98 Å². The maximum atomic E-state index is 11.9. The van der Waals surface area contributed by atoms with E-state index in [1.165, 1.54) is 0 Å². The predicted octanol–water partition coefficient (Wildman–Crippen LogP) is 0.319. The summed E-state index contributed by atoms with van der Waals surface area (Å²) in [5, 5.41) is 6.24. The highest BCUT2D eigenvalue weighted by Gasteiger charge is 2.19. The van der Waals surface area contributed by atoms with E-state index in [0.29, 0.717) is 13.1 Å². The van der Waals surface area contributed by atoms with Gasteiger partial charge in [0, 0.05) is 45.5 Å². The van der Waals surface area contributed by atoms with Crippen molar-refractivity contribution in [2.45, 2.75) is 13.3 Å². The molecule has 0 aromatic carbocycles. The standard InChI is InChI=1S/C16H27N5O/c1-2-6-17-8-9-19-16(22)14-20-10-12-21(13-11-20)15-5-3-4-7-18-15/h3-5,7,17H,2,6,8-14H2,1H3,(H,19,22). The molecule has 0 aliphatic carbocycles. The first-order chi connectivity index (χ1) is 10.8. The van der Waals surface area contributed by atoms with Crippen molar-refractivity contribution in [3.63, 3.8) is 0 Å². The Balaban J connectivity index is 1.62. The van der Waals surface area contributed by atoms with Crippen molar-refractivity contribution in [3.8, 4) is 0 Å². The summed E-state index contributed by atoms with van der Waals surface area (Å²) in [6, 6.07) is 5.97. The second kappa shape index (κ2) is 9.38. The van der Waals surface area contributed by atoms with E-state index >= 15 is 0 Å². The summed E-state index contributed by atoms with van der Waals surface area (Å²) in [7, 11) is 0. The Morgan fingerprint density at radius 1 is 1.18 bits per heavy atom. The van der Waals surface area contributed by atoms with E-state index in [2.05, 4.69) is 32.3 Å². The number of nitrogens with zero attached hydrogens (tertiary/aromatic N) is 3. The summed E-state index contributed by atoms with van der Waals surface area (Å²) in [6.07, 6.45) is 2.94. The number of anilines is 1. The van der Waals surface area contributed by atoms with Crippen molar-refractivity contribution in [3.05, 3.63) is 24.4 Å². The highest BCUT2D eigenvalue weighted by molar-refractivity contribution is 5.78. The first-order valence-electron chi connectivity index (χ1n) is 8.15. The van der Waals surface area contributed by atoms with Crippen molar-refractivity contribution in [2.24, 2.45) is 0 Å². The maximum absolute atomic E-state index is 11.9. The molecule has 0 radical (unpaired) electrons. The van der Waals surface area contributed by atoms with Crippen LogP contribution < -0.4 is 15.5 Å². The predicted molar refractivity (Wildman–Crippen MR) is 89.1 cm³/mol. The lowest BCUT2D eigenvalue weighted by Crippen LogP contribution is -2.50. The maximum Gasteiger partial charge on any atom is 0.234 e. The number of amides is 1. The highest BCUT2D eigenvalue weighted by Crippen LogP contribution is 2.11. The van der Waals surface area contributed by atoms with Gasteiger partial charge in [-0.2, -0.15) is 0 Å². The first-order valence-corrected chi connectivity index (χ1v) is 8.15. The van der Waals surface area contributed by atoms with Crippen molar-refractivity contribution in [2.75, 3.05) is 57.3 Å². The van der Waals surface area contributed by atoms with Gasteiger partial charge in [-0.05, 0) is 25.1 Å². The second-order valence-electron chi connectivity index (χ2n) is 5.55. The van der Waals surface area contributed by atoms with Crippen molar-refractivity contribution < 1.29 is 4.79 Å². The van der Waals surface area contributed by atoms with Crippen LogP contribution in [-0.2, 0) is 4.79 Å². The monoisotopic (exact) mass is 305 g/mol. The van der Waals surface area contributed by atoms with Crippen LogP contribution in [0.5, 0.6) is 0 Å². The van der Waals surface area contributed by atoms with E-state index in [1.54, 1.807) is 0 Å². The molecule has 1 aromatic rings. The van der Waals surface area contributed by atoms with Crippen LogP contribution in [-0.4, -0.2) is 68.1 Å². The van der Waals surface area contributed by atoms with E-state index in [-0.39, 0.29) is 5.91 Å². The molecule has 0 spiro atoms. The summed E-state index contributed by atoms with van der Waals surface area (Å²) in [5.74, 6) is 1.14. The summed E-state index contributed by atoms with van der Waals surface area (Å²) in [6.45, 7) is 8.81. The zero-order chi connectivity index (χ0) is 15.6. The summed E-state index contributed by atoms with van der Waals surface area (Å²) < 4.78 is 0. The van der Waals surface area contributed by atoms with Gasteiger partial charge in [0.05, 0.1) is 6.54 Å². The molecule has 0 unspecified atom stereocenters. The molecule has 1 aromatic heterocycles. The number of hydrogen-bond donors (Lipinski definition) is 2. The van der Waals surface area contributed by atoms with Crippen LogP contribution in [0.2, 0.25) is 0 Å². The lowest BCUT2D eigenvalue weighted by atomic mass is 10.3. The van der Waals surface area contributed by atoms with Gasteiger partial charge in [0.2, 0.25) is 5.91 Å². The van der Waals surface area contributed by atoms with Crippen LogP contribution in [0.3, 0.4) is 0 Å². The van der Waals surface area contributed by atoms with Gasteiger partial charge in [-0.15, -0.1) is 0 Å². The smallest absolute Gasteiger partial charge is 0.234 e. The number of carbonyl (C=O) groups excluding carboxylic acids is 1. The molecule has 2 rings (SSSR count). The lowest BCUT2D eigenvalue weighted by molar-refractivity contribution is -0.122. The van der Waals surface area contributed by atoms with Gasteiger partial charge in [-0.1, -0.05) is 13.0 Å². The fraction of sp³-hybridized carbons (Fsp3) is 0.625. The van der Waals surface area contributed by atoms with Crippen molar-refractivity contribution in [1.29, 1.82) is 0 Å². The number of carbonyl (C=O) groups is 1. The molecule has 122 valence electrons. The van der Waals surface area contributed by atoms with Crippen LogP contribution in [0.25, 0.3) is 0 Å². The van der Waals surface area contributed by atoms with Gasteiger partial charge in [0.15, 0.2) is 0 Å². The minimum absolute atomic E-state index is 0.115. The fourth-order valence-corrected chi connectivity index (χ4v) is 2.53. The minimum Gasteiger partial charge on any atom is -0.354 e. The number of hydrogen-bond acceptors (Lipinski definition) is 5. The van der Waals surface area contributed by atoms with E-state index in [1.807, 2.05) is 24.4 Å². The lowest BCUT2D eigenvalue weighted by Gasteiger charge is -2.34. The van der Waals surface area contributed by atoms with Gasteiger partial charge in [-0.3, -0.25) is 9.69 Å². The molecule has 6 nitrogen and oxygen atoms in total. The molecule has 0 atom stereocenters. The Morgan fingerprint density at radius 3 is 2.68 bits per heavy atom. The molecule has 1 aliphatic rings. The number of piperazine rings is 1. The third kappa shape index (κ3) is 5.61. The van der Waals surface area contributed by atoms with Crippen molar-refractivity contribution >= 4 is 11.7 Å². The Kier molecular flexibility index (Phi) is 7.12. The Bertz CT molecular complexity index is 431. The molecule has 0 saturated carbocycles. The van der Waals surface area contributed by atoms with Crippen LogP contribution in [0, 0.1) is 0 Å². The zero-order valence-corrected chi connectivity index (χ0v) is 13.4. The third-order valence-corrected chi connectivity index (χ3v) is 3.76. The normalized spacial score (nSPS) is 15.8. The quantitative estimate of drug-likeness (QED) is 0.677. The molecule has 2 N–H and O–H groups in total. The van der Waals surface area contributed by atoms with Gasteiger partial charge < -0.3 is 15.5 Å². The molecular weight excluding hydrogens is 278 g/mol.